The number of rotatable bonds is 4. The van der Waals surface area contributed by atoms with Crippen molar-refractivity contribution in [3.05, 3.63) is 86.8 Å². The lowest BCUT2D eigenvalue weighted by Crippen LogP contribution is -2.28. The smallest absolute Gasteiger partial charge is 0.278 e. The van der Waals surface area contributed by atoms with Gasteiger partial charge in [0.25, 0.3) is 11.5 Å². The molecule has 0 radical (unpaired) electrons. The van der Waals surface area contributed by atoms with Crippen LogP contribution in [0.4, 0.5) is 5.13 Å². The van der Waals surface area contributed by atoms with Crippen LogP contribution >= 0.6 is 11.3 Å². The van der Waals surface area contributed by atoms with Crippen molar-refractivity contribution in [1.82, 2.24) is 14.8 Å². The number of carbonyl (C=O) groups excluding carboxylic acids is 1. The lowest BCUT2D eigenvalue weighted by molar-refractivity contribution is 0.102. The number of amides is 1. The quantitative estimate of drug-likeness (QED) is 0.524. The molecule has 1 aliphatic rings. The second-order valence-corrected chi connectivity index (χ2v) is 9.12. The Labute approximate surface area is 183 Å². The van der Waals surface area contributed by atoms with Crippen LogP contribution < -0.4 is 10.9 Å². The molecule has 0 fully saturated rings. The molecule has 0 saturated heterocycles. The van der Waals surface area contributed by atoms with Gasteiger partial charge in [-0.25, -0.2) is 9.67 Å². The molecule has 1 amide bonds. The van der Waals surface area contributed by atoms with Gasteiger partial charge in [-0.15, -0.1) is 11.3 Å². The number of hydrogen-bond donors (Lipinski definition) is 1. The Balaban J connectivity index is 1.52. The number of fused-ring (bicyclic) bond motifs is 2. The minimum atomic E-state index is -0.350. The SMILES string of the molecule is CC1CCc2nc(NC(=O)c3nn(Cc4ccccc4)c(=O)c4ccccc34)sc2C1. The maximum absolute atomic E-state index is 13.2. The summed E-state index contributed by atoms with van der Waals surface area (Å²) >= 11 is 1.54. The number of aryl methyl sites for hydroxylation is 1. The molecule has 0 aliphatic heterocycles. The van der Waals surface area contributed by atoms with E-state index in [0.717, 1.165) is 30.5 Å². The highest BCUT2D eigenvalue weighted by atomic mass is 32.1. The summed E-state index contributed by atoms with van der Waals surface area (Å²) in [6, 6.07) is 16.7. The summed E-state index contributed by atoms with van der Waals surface area (Å²) in [5.41, 5.74) is 2.05. The second-order valence-electron chi connectivity index (χ2n) is 8.03. The van der Waals surface area contributed by atoms with Gasteiger partial charge in [0.1, 0.15) is 0 Å². The first-order valence-electron chi connectivity index (χ1n) is 10.4. The van der Waals surface area contributed by atoms with Gasteiger partial charge in [0.2, 0.25) is 0 Å². The molecule has 4 aromatic rings. The summed E-state index contributed by atoms with van der Waals surface area (Å²) < 4.78 is 1.36. The van der Waals surface area contributed by atoms with Gasteiger partial charge >= 0.3 is 0 Å². The Bertz CT molecular complexity index is 1330. The van der Waals surface area contributed by atoms with Gasteiger partial charge < -0.3 is 0 Å². The number of hydrogen-bond acceptors (Lipinski definition) is 5. The fourth-order valence-corrected chi connectivity index (χ4v) is 5.18. The van der Waals surface area contributed by atoms with Crippen LogP contribution in [0.2, 0.25) is 0 Å². The van der Waals surface area contributed by atoms with E-state index < -0.39 is 0 Å². The molecule has 2 aromatic heterocycles. The van der Waals surface area contributed by atoms with Crippen molar-refractivity contribution in [3.8, 4) is 0 Å². The number of carbonyl (C=O) groups is 1. The molecule has 0 spiro atoms. The van der Waals surface area contributed by atoms with Crippen molar-refractivity contribution < 1.29 is 4.79 Å². The van der Waals surface area contributed by atoms with Crippen LogP contribution in [0.15, 0.2) is 59.4 Å². The monoisotopic (exact) mass is 430 g/mol. The van der Waals surface area contributed by atoms with Crippen molar-refractivity contribution in [1.29, 1.82) is 0 Å². The Morgan fingerprint density at radius 3 is 2.68 bits per heavy atom. The Kier molecular flexibility index (Phi) is 5.11. The fraction of sp³-hybridized carbons (Fsp3) is 0.250. The zero-order valence-corrected chi connectivity index (χ0v) is 18.0. The van der Waals surface area contributed by atoms with Crippen LogP contribution in [0, 0.1) is 5.92 Å². The van der Waals surface area contributed by atoms with Crippen molar-refractivity contribution in [2.75, 3.05) is 5.32 Å². The van der Waals surface area contributed by atoms with E-state index in [2.05, 4.69) is 22.3 Å². The maximum Gasteiger partial charge on any atom is 0.278 e. The molecule has 31 heavy (non-hydrogen) atoms. The van der Waals surface area contributed by atoms with Gasteiger partial charge in [-0.05, 0) is 36.8 Å². The number of nitrogens with zero attached hydrogens (tertiary/aromatic N) is 3. The van der Waals surface area contributed by atoms with Gasteiger partial charge in [-0.1, -0.05) is 55.5 Å². The second kappa shape index (κ2) is 8.07. The third-order valence-electron chi connectivity index (χ3n) is 5.66. The van der Waals surface area contributed by atoms with Crippen LogP contribution in [0.3, 0.4) is 0 Å². The van der Waals surface area contributed by atoms with Crippen molar-refractivity contribution >= 4 is 33.1 Å². The first-order chi connectivity index (χ1) is 15.1. The minimum absolute atomic E-state index is 0.213. The minimum Gasteiger partial charge on any atom is -0.296 e. The van der Waals surface area contributed by atoms with E-state index in [1.165, 1.54) is 20.9 Å². The topological polar surface area (TPSA) is 76.9 Å². The average molecular weight is 431 g/mol. The van der Waals surface area contributed by atoms with Gasteiger partial charge in [0.15, 0.2) is 10.8 Å². The lowest BCUT2D eigenvalue weighted by atomic mass is 9.93. The Hall–Kier alpha value is -3.32. The summed E-state index contributed by atoms with van der Waals surface area (Å²) in [6.45, 7) is 2.54. The van der Waals surface area contributed by atoms with Crippen molar-refractivity contribution in [2.45, 2.75) is 32.7 Å². The molecule has 0 saturated carbocycles. The lowest BCUT2D eigenvalue weighted by Gasteiger charge is -2.15. The van der Waals surface area contributed by atoms with E-state index in [0.29, 0.717) is 28.4 Å². The van der Waals surface area contributed by atoms with E-state index >= 15 is 0 Å². The largest absolute Gasteiger partial charge is 0.296 e. The highest BCUT2D eigenvalue weighted by molar-refractivity contribution is 7.15. The first-order valence-corrected chi connectivity index (χ1v) is 11.2. The number of nitrogens with one attached hydrogen (secondary N) is 1. The fourth-order valence-electron chi connectivity index (χ4n) is 4.02. The molecule has 7 heteroatoms. The number of aromatic nitrogens is 3. The number of benzene rings is 2. The van der Waals surface area contributed by atoms with E-state index in [1.807, 2.05) is 36.4 Å². The first kappa shape index (κ1) is 19.6. The summed E-state index contributed by atoms with van der Waals surface area (Å²) in [4.78, 5) is 32.1. The maximum atomic E-state index is 13.2. The third-order valence-corrected chi connectivity index (χ3v) is 6.70. The third kappa shape index (κ3) is 3.88. The zero-order valence-electron chi connectivity index (χ0n) is 17.2. The summed E-state index contributed by atoms with van der Waals surface area (Å²) in [5.74, 6) is 0.292. The van der Waals surface area contributed by atoms with Crippen LogP contribution in [0.1, 0.15) is 40.0 Å². The molecule has 1 aliphatic carbocycles. The van der Waals surface area contributed by atoms with Crippen LogP contribution in [0.25, 0.3) is 10.8 Å². The molecular weight excluding hydrogens is 408 g/mol. The normalized spacial score (nSPS) is 15.6. The van der Waals surface area contributed by atoms with E-state index in [-0.39, 0.29) is 17.2 Å². The molecule has 5 rings (SSSR count). The molecule has 1 atom stereocenters. The predicted octanol–water partition coefficient (Wildman–Crippen LogP) is 4.28. The van der Waals surface area contributed by atoms with Gasteiger partial charge in [0.05, 0.1) is 17.6 Å². The van der Waals surface area contributed by atoms with Gasteiger partial charge in [-0.3, -0.25) is 14.9 Å². The van der Waals surface area contributed by atoms with Crippen molar-refractivity contribution in [3.63, 3.8) is 0 Å². The summed E-state index contributed by atoms with van der Waals surface area (Å²) in [7, 11) is 0. The van der Waals surface area contributed by atoms with Gasteiger partial charge in [-0.2, -0.15) is 5.10 Å². The standard InChI is InChI=1S/C24H22N4O2S/c1-15-11-12-19-20(13-15)31-24(25-19)26-22(29)21-17-9-5-6-10-18(17)23(30)28(27-21)14-16-7-3-2-4-8-16/h2-10,15H,11-14H2,1H3,(H,25,26,29). The summed E-state index contributed by atoms with van der Waals surface area (Å²) in [5, 5.41) is 8.99. The summed E-state index contributed by atoms with van der Waals surface area (Å²) in [6.07, 6.45) is 3.08. The number of thiazole rings is 1. The predicted molar refractivity (Wildman–Crippen MR) is 123 cm³/mol. The van der Waals surface area contributed by atoms with Gasteiger partial charge in [0, 0.05) is 10.3 Å². The molecule has 2 heterocycles. The molecule has 0 bridgehead atoms. The van der Waals surface area contributed by atoms with E-state index in [9.17, 15) is 9.59 Å². The van der Waals surface area contributed by atoms with Crippen LogP contribution in [-0.2, 0) is 19.4 Å². The highest BCUT2D eigenvalue weighted by Crippen LogP contribution is 2.32. The highest BCUT2D eigenvalue weighted by Gasteiger charge is 2.22. The molecule has 156 valence electrons. The van der Waals surface area contributed by atoms with E-state index in [1.54, 1.807) is 18.2 Å². The zero-order chi connectivity index (χ0) is 21.4. The van der Waals surface area contributed by atoms with Crippen molar-refractivity contribution in [2.24, 2.45) is 5.92 Å². The van der Waals surface area contributed by atoms with Crippen LogP contribution in [0.5, 0.6) is 0 Å². The molecule has 2 aromatic carbocycles. The van der Waals surface area contributed by atoms with Crippen LogP contribution in [-0.4, -0.2) is 20.7 Å². The molecule has 6 nitrogen and oxygen atoms in total. The molecular formula is C24H22N4O2S. The molecule has 1 unspecified atom stereocenters. The Morgan fingerprint density at radius 1 is 1.13 bits per heavy atom. The van der Waals surface area contributed by atoms with E-state index in [4.69, 9.17) is 0 Å². The number of anilines is 1. The molecule has 1 N–H and O–H groups in total. The average Bonchev–Trinajstić information content (AvgIpc) is 3.17. The Morgan fingerprint density at radius 2 is 1.87 bits per heavy atom.